The fourth-order valence-corrected chi connectivity index (χ4v) is 3.92. The molecule has 1 aromatic carbocycles. The number of hydrogen-bond acceptors (Lipinski definition) is 7. The number of imide groups is 1. The second-order valence-electron chi connectivity index (χ2n) is 8.71. The average molecular weight is 574 g/mol. The molecule has 39 heavy (non-hydrogen) atoms. The van der Waals surface area contributed by atoms with E-state index >= 15 is 0 Å². The lowest BCUT2D eigenvalue weighted by Crippen LogP contribution is -2.36. The van der Waals surface area contributed by atoms with Crippen LogP contribution in [0, 0.1) is 24.7 Å². The first-order valence-electron chi connectivity index (χ1n) is 12.8. The number of aryl methyl sites for hydroxylation is 1. The quantitative estimate of drug-likeness (QED) is 0.171. The number of benzene rings is 1. The molecule has 2 amide bonds. The molecule has 2 N–H and O–H groups in total. The lowest BCUT2D eigenvalue weighted by molar-refractivity contribution is -0.114. The first-order valence-corrected chi connectivity index (χ1v) is 13.5. The number of nitrogens with zero attached hydrogens (tertiary/aromatic N) is 2. The van der Waals surface area contributed by atoms with Gasteiger partial charge in [-0.15, -0.1) is 0 Å². The predicted octanol–water partition coefficient (Wildman–Crippen LogP) is 7.78. The number of unbranched alkanes of at least 4 members (excludes halogenated alkanes) is 1. The van der Waals surface area contributed by atoms with E-state index in [0.717, 1.165) is 29.7 Å². The zero-order chi connectivity index (χ0) is 28.9. The van der Waals surface area contributed by atoms with Gasteiger partial charge < -0.3 is 9.47 Å². The number of nitrogens with one attached hydrogen (secondary N) is 2. The molecule has 0 saturated carbocycles. The number of alkyl carbamates (subject to hydrolysis) is 1. The van der Waals surface area contributed by atoms with E-state index in [1.54, 1.807) is 13.0 Å². The molecule has 2 aromatic rings. The van der Waals surface area contributed by atoms with E-state index < -0.39 is 12.0 Å². The molecule has 0 aliphatic rings. The minimum Gasteiger partial charge on any atom is -0.450 e. The minimum atomic E-state index is -0.890. The number of pyridine rings is 1. The molecule has 0 fully saturated rings. The summed E-state index contributed by atoms with van der Waals surface area (Å²) in [4.78, 5) is 28.8. The molecule has 0 saturated heterocycles. The Labute approximate surface area is 240 Å². The molecule has 1 aromatic heterocycles. The van der Waals surface area contributed by atoms with Crippen LogP contribution in [0.3, 0.4) is 0 Å². The van der Waals surface area contributed by atoms with Crippen molar-refractivity contribution < 1.29 is 19.1 Å². The molecule has 8 nitrogen and oxygen atoms in total. The number of halogens is 2. The fourth-order valence-electron chi connectivity index (χ4n) is 3.36. The van der Waals surface area contributed by atoms with Crippen molar-refractivity contribution in [3.05, 3.63) is 51.6 Å². The van der Waals surface area contributed by atoms with Gasteiger partial charge in [0.2, 0.25) is 5.88 Å². The van der Waals surface area contributed by atoms with Crippen LogP contribution >= 0.6 is 23.2 Å². The Bertz CT molecular complexity index is 1290. The van der Waals surface area contributed by atoms with Crippen LogP contribution in [-0.2, 0) is 9.53 Å². The van der Waals surface area contributed by atoms with Gasteiger partial charge in [0.05, 0.1) is 28.0 Å². The van der Waals surface area contributed by atoms with Crippen molar-refractivity contribution >= 4 is 52.2 Å². The first kappa shape index (κ1) is 31.7. The van der Waals surface area contributed by atoms with Crippen LogP contribution in [0.2, 0.25) is 10.0 Å². The predicted molar refractivity (Wildman–Crippen MR) is 158 cm³/mol. The van der Waals surface area contributed by atoms with Crippen molar-refractivity contribution in [2.24, 2.45) is 11.0 Å². The summed E-state index contributed by atoms with van der Waals surface area (Å²) in [5.41, 5.74) is 5.92. The molecular formula is C29H34Cl2N4O4. The van der Waals surface area contributed by atoms with E-state index in [9.17, 15) is 9.59 Å². The summed E-state index contributed by atoms with van der Waals surface area (Å²) in [5, 5.41) is 6.53. The van der Waals surface area contributed by atoms with Crippen LogP contribution in [0.1, 0.15) is 65.1 Å². The Morgan fingerprint density at radius 1 is 1.15 bits per heavy atom. The van der Waals surface area contributed by atoms with Crippen LogP contribution in [0.25, 0.3) is 5.57 Å². The number of carbonyl (C=O) groups excluding carboxylic acids is 2. The van der Waals surface area contributed by atoms with Crippen molar-refractivity contribution in [1.29, 1.82) is 0 Å². The van der Waals surface area contributed by atoms with Crippen molar-refractivity contribution in [3.8, 4) is 23.5 Å². The molecule has 2 rings (SSSR count). The number of allylic oxidation sites excluding steroid dienone is 2. The topological polar surface area (TPSA) is 102 Å². The van der Waals surface area contributed by atoms with Gasteiger partial charge in [-0.05, 0) is 61.8 Å². The number of anilines is 1. The fraction of sp³-hybridized carbons (Fsp3) is 0.379. The van der Waals surface area contributed by atoms with Crippen molar-refractivity contribution in [1.82, 2.24) is 10.3 Å². The third-order valence-corrected chi connectivity index (χ3v) is 5.74. The Morgan fingerprint density at radius 3 is 2.44 bits per heavy atom. The molecule has 208 valence electrons. The van der Waals surface area contributed by atoms with Crippen LogP contribution in [0.4, 0.5) is 10.5 Å². The Balaban J connectivity index is 2.32. The summed E-state index contributed by atoms with van der Waals surface area (Å²) >= 11 is 13.0. The van der Waals surface area contributed by atoms with E-state index in [-0.39, 0.29) is 28.1 Å². The van der Waals surface area contributed by atoms with Gasteiger partial charge in [0.1, 0.15) is 0 Å². The van der Waals surface area contributed by atoms with Gasteiger partial charge in [0, 0.05) is 12.5 Å². The summed E-state index contributed by atoms with van der Waals surface area (Å²) in [5.74, 6) is 5.56. The van der Waals surface area contributed by atoms with Crippen LogP contribution in [-0.4, -0.2) is 29.3 Å². The number of aromatic nitrogens is 1. The highest BCUT2D eigenvalue weighted by Gasteiger charge is 2.17. The zero-order valence-electron chi connectivity index (χ0n) is 23.1. The Hall–Kier alpha value is -3.54. The van der Waals surface area contributed by atoms with E-state index in [2.05, 4.69) is 54.5 Å². The summed E-state index contributed by atoms with van der Waals surface area (Å²) in [7, 11) is 0. The number of ether oxygens (including phenoxy) is 2. The number of hydrogen-bond donors (Lipinski definition) is 2. The summed E-state index contributed by atoms with van der Waals surface area (Å²) in [6.07, 6.45) is 3.52. The van der Waals surface area contributed by atoms with Crippen molar-refractivity contribution in [3.63, 3.8) is 0 Å². The lowest BCUT2D eigenvalue weighted by atomic mass is 9.95. The minimum absolute atomic E-state index is 0.116. The van der Waals surface area contributed by atoms with Gasteiger partial charge in [-0.2, -0.15) is 5.10 Å². The number of carbonyl (C=O) groups is 2. The lowest BCUT2D eigenvalue weighted by Gasteiger charge is -2.16. The molecule has 0 radical (unpaired) electrons. The highest BCUT2D eigenvalue weighted by Crippen LogP contribution is 2.39. The monoisotopic (exact) mass is 572 g/mol. The summed E-state index contributed by atoms with van der Waals surface area (Å²) in [6, 6.07) is 6.78. The average Bonchev–Trinajstić information content (AvgIpc) is 2.87. The van der Waals surface area contributed by atoms with E-state index in [0.29, 0.717) is 23.9 Å². The molecular weight excluding hydrogens is 539 g/mol. The SMILES string of the molecule is CC/C=C(\c1nc(Oc2c(Cl)cc(N/N=C(\C#CCCC)C(=O)NC(=O)OCC)cc2Cl)ccc1C)C(C)C. The summed E-state index contributed by atoms with van der Waals surface area (Å²) in [6.45, 7) is 12.0. The second-order valence-corrected chi connectivity index (χ2v) is 9.52. The first-order chi connectivity index (χ1) is 18.6. The van der Waals surface area contributed by atoms with Crippen LogP contribution < -0.4 is 15.5 Å². The van der Waals surface area contributed by atoms with Gasteiger partial charge in [0.15, 0.2) is 11.5 Å². The van der Waals surface area contributed by atoms with E-state index in [1.165, 1.54) is 12.1 Å². The molecule has 1 heterocycles. The molecule has 10 heteroatoms. The van der Waals surface area contributed by atoms with E-state index in [1.807, 2.05) is 19.9 Å². The maximum atomic E-state index is 12.4. The van der Waals surface area contributed by atoms with Gasteiger partial charge in [-0.25, -0.2) is 9.78 Å². The maximum Gasteiger partial charge on any atom is 0.414 e. The summed E-state index contributed by atoms with van der Waals surface area (Å²) < 4.78 is 10.7. The molecule has 0 aliphatic heterocycles. The third kappa shape index (κ3) is 9.61. The zero-order valence-corrected chi connectivity index (χ0v) is 24.6. The second kappa shape index (κ2) is 15.8. The van der Waals surface area contributed by atoms with Gasteiger partial charge in [-0.1, -0.05) is 69.0 Å². The molecule has 0 bridgehead atoms. The largest absolute Gasteiger partial charge is 0.450 e. The molecule has 0 atom stereocenters. The molecule has 0 unspecified atom stereocenters. The standard InChI is InChI=1S/C29H34Cl2N4O4/c1-7-10-11-13-24(28(36)33-29(37)38-9-3)35-34-20-16-22(30)27(23(31)17-20)39-25-15-14-19(6)26(32-25)21(12-8-2)18(4)5/h12,14-18,34H,7-10H2,1-6H3,(H,33,36,37)/b21-12-,35-24+. The van der Waals surface area contributed by atoms with E-state index in [4.69, 9.17) is 37.7 Å². The normalized spacial score (nSPS) is 11.5. The molecule has 0 spiro atoms. The smallest absolute Gasteiger partial charge is 0.414 e. The van der Waals surface area contributed by atoms with Crippen molar-refractivity contribution in [2.75, 3.05) is 12.0 Å². The third-order valence-electron chi connectivity index (χ3n) is 5.18. The maximum absolute atomic E-state index is 12.4. The number of amides is 2. The highest BCUT2D eigenvalue weighted by molar-refractivity contribution is 6.47. The van der Waals surface area contributed by atoms with Gasteiger partial charge >= 0.3 is 6.09 Å². The van der Waals surface area contributed by atoms with Crippen LogP contribution in [0.15, 0.2) is 35.4 Å². The highest BCUT2D eigenvalue weighted by atomic mass is 35.5. The number of rotatable bonds is 10. The number of hydrazone groups is 1. The van der Waals surface area contributed by atoms with Crippen molar-refractivity contribution in [2.45, 2.75) is 60.8 Å². The molecule has 0 aliphatic carbocycles. The van der Waals surface area contributed by atoms with Gasteiger partial charge in [-0.3, -0.25) is 15.5 Å². The Kier molecular flexibility index (Phi) is 12.8. The van der Waals surface area contributed by atoms with Crippen LogP contribution in [0.5, 0.6) is 11.6 Å². The van der Waals surface area contributed by atoms with Gasteiger partial charge in [0.25, 0.3) is 5.91 Å². The Morgan fingerprint density at radius 2 is 1.85 bits per heavy atom.